The number of piperidine rings is 1. The average molecular weight is 342 g/mol. The predicted octanol–water partition coefficient (Wildman–Crippen LogP) is 2.63. The zero-order chi connectivity index (χ0) is 16.1. The maximum Gasteiger partial charge on any atom is 0.229 e. The summed E-state index contributed by atoms with van der Waals surface area (Å²) in [4.78, 5) is 25.3. The zero-order valence-corrected chi connectivity index (χ0v) is 14.8. The zero-order valence-electron chi connectivity index (χ0n) is 13.2. The van der Waals surface area contributed by atoms with Gasteiger partial charge in [0.2, 0.25) is 16.9 Å². The van der Waals surface area contributed by atoms with Crippen LogP contribution in [0.1, 0.15) is 40.0 Å². The van der Waals surface area contributed by atoms with E-state index in [1.54, 1.807) is 23.6 Å². The Morgan fingerprint density at radius 2 is 2.09 bits per heavy atom. The molecule has 0 saturated carbocycles. The summed E-state index contributed by atoms with van der Waals surface area (Å²) in [6.45, 7) is 7.15. The molecule has 1 aliphatic rings. The van der Waals surface area contributed by atoms with Crippen molar-refractivity contribution in [3.8, 4) is 0 Å². The standard InChI is InChI=1S/C14H22N4O2S2/c1-4-9(2)21-14-17-16-13(22-14)15-12(20)11-5-7-18(8-6-11)10(3)19/h9,11H,4-8H2,1-3H3,(H,15,16,20)/t9-/m1/s1. The van der Waals surface area contributed by atoms with Crippen LogP contribution in [0, 0.1) is 5.92 Å². The fourth-order valence-corrected chi connectivity index (χ4v) is 4.23. The van der Waals surface area contributed by atoms with Crippen molar-refractivity contribution < 1.29 is 9.59 Å². The first-order valence-corrected chi connectivity index (χ1v) is 9.25. The molecule has 0 aromatic carbocycles. The molecule has 1 aliphatic heterocycles. The molecule has 2 rings (SSSR count). The van der Waals surface area contributed by atoms with E-state index in [1.807, 2.05) is 0 Å². The molecule has 2 amide bonds. The van der Waals surface area contributed by atoms with Gasteiger partial charge in [-0.1, -0.05) is 36.9 Å². The van der Waals surface area contributed by atoms with Gasteiger partial charge in [-0.15, -0.1) is 10.2 Å². The second kappa shape index (κ2) is 7.92. The van der Waals surface area contributed by atoms with E-state index in [2.05, 4.69) is 29.4 Å². The van der Waals surface area contributed by atoms with Gasteiger partial charge in [0.25, 0.3) is 0 Å². The van der Waals surface area contributed by atoms with Crippen LogP contribution in [0.2, 0.25) is 0 Å². The average Bonchev–Trinajstić information content (AvgIpc) is 2.94. The number of hydrogen-bond acceptors (Lipinski definition) is 6. The number of carbonyl (C=O) groups excluding carboxylic acids is 2. The van der Waals surface area contributed by atoms with Crippen LogP contribution in [0.3, 0.4) is 0 Å². The molecule has 1 saturated heterocycles. The highest BCUT2D eigenvalue weighted by Crippen LogP contribution is 2.30. The highest BCUT2D eigenvalue weighted by Gasteiger charge is 2.26. The van der Waals surface area contributed by atoms with Gasteiger partial charge in [0, 0.05) is 31.2 Å². The third-order valence-corrected chi connectivity index (χ3v) is 6.02. The number of hydrogen-bond donors (Lipinski definition) is 1. The van der Waals surface area contributed by atoms with E-state index in [0.717, 1.165) is 10.8 Å². The molecular weight excluding hydrogens is 320 g/mol. The quantitative estimate of drug-likeness (QED) is 0.657. The van der Waals surface area contributed by atoms with Crippen molar-refractivity contribution in [1.82, 2.24) is 15.1 Å². The van der Waals surface area contributed by atoms with Gasteiger partial charge in [-0.25, -0.2) is 0 Å². The number of carbonyl (C=O) groups is 2. The lowest BCUT2D eigenvalue weighted by Gasteiger charge is -2.30. The van der Waals surface area contributed by atoms with Crippen LogP contribution < -0.4 is 5.32 Å². The van der Waals surface area contributed by atoms with Crippen LogP contribution in [-0.2, 0) is 9.59 Å². The number of nitrogens with one attached hydrogen (secondary N) is 1. The smallest absolute Gasteiger partial charge is 0.229 e. The Bertz CT molecular complexity index is 527. The number of anilines is 1. The van der Waals surface area contributed by atoms with Gasteiger partial charge in [-0.2, -0.15) is 0 Å². The molecule has 1 atom stereocenters. The van der Waals surface area contributed by atoms with Crippen LogP contribution in [0.5, 0.6) is 0 Å². The van der Waals surface area contributed by atoms with E-state index in [4.69, 9.17) is 0 Å². The van der Waals surface area contributed by atoms with E-state index in [-0.39, 0.29) is 17.7 Å². The summed E-state index contributed by atoms with van der Waals surface area (Å²) in [5, 5.41) is 12.0. The summed E-state index contributed by atoms with van der Waals surface area (Å²) >= 11 is 3.10. The molecule has 0 radical (unpaired) electrons. The van der Waals surface area contributed by atoms with Crippen molar-refractivity contribution in [1.29, 1.82) is 0 Å². The van der Waals surface area contributed by atoms with Gasteiger partial charge in [0.1, 0.15) is 0 Å². The minimum atomic E-state index is -0.0508. The van der Waals surface area contributed by atoms with Gasteiger partial charge in [-0.3, -0.25) is 9.59 Å². The van der Waals surface area contributed by atoms with Gasteiger partial charge >= 0.3 is 0 Å². The minimum Gasteiger partial charge on any atom is -0.343 e. The number of likely N-dealkylation sites (tertiary alicyclic amines) is 1. The first-order valence-electron chi connectivity index (χ1n) is 7.56. The first-order chi connectivity index (χ1) is 10.5. The van der Waals surface area contributed by atoms with E-state index in [0.29, 0.717) is 36.3 Å². The topological polar surface area (TPSA) is 75.2 Å². The Kier molecular flexibility index (Phi) is 6.19. The Balaban J connectivity index is 1.84. The Hall–Kier alpha value is -1.15. The maximum absolute atomic E-state index is 12.2. The third-order valence-electron chi connectivity index (χ3n) is 3.82. The molecule has 1 fully saturated rings. The first kappa shape index (κ1) is 17.2. The van der Waals surface area contributed by atoms with Crippen LogP contribution in [-0.4, -0.2) is 45.3 Å². The molecule has 0 aliphatic carbocycles. The predicted molar refractivity (Wildman–Crippen MR) is 89.1 cm³/mol. The van der Waals surface area contributed by atoms with Crippen molar-refractivity contribution in [2.75, 3.05) is 18.4 Å². The summed E-state index contributed by atoms with van der Waals surface area (Å²) < 4.78 is 0.885. The van der Waals surface area contributed by atoms with Crippen molar-refractivity contribution in [3.63, 3.8) is 0 Å². The second-order valence-electron chi connectivity index (χ2n) is 5.48. The summed E-state index contributed by atoms with van der Waals surface area (Å²) in [5.74, 6) is 0.0132. The Labute approximate surface area is 139 Å². The Morgan fingerprint density at radius 1 is 1.41 bits per heavy atom. The SMILES string of the molecule is CC[C@@H](C)Sc1nnc(NC(=O)C2CCN(C(C)=O)CC2)s1. The van der Waals surface area contributed by atoms with Crippen LogP contribution >= 0.6 is 23.1 Å². The highest BCUT2D eigenvalue weighted by molar-refractivity contribution is 8.01. The van der Waals surface area contributed by atoms with Crippen molar-refractivity contribution in [3.05, 3.63) is 0 Å². The largest absolute Gasteiger partial charge is 0.343 e. The lowest BCUT2D eigenvalue weighted by atomic mass is 9.96. The summed E-state index contributed by atoms with van der Waals surface area (Å²) in [6.07, 6.45) is 2.48. The van der Waals surface area contributed by atoms with E-state index in [1.165, 1.54) is 11.3 Å². The molecular formula is C14H22N4O2S2. The van der Waals surface area contributed by atoms with E-state index in [9.17, 15) is 9.59 Å². The van der Waals surface area contributed by atoms with Gasteiger partial charge in [0.15, 0.2) is 4.34 Å². The van der Waals surface area contributed by atoms with Crippen molar-refractivity contribution >= 4 is 40.0 Å². The fourth-order valence-electron chi connectivity index (χ4n) is 2.23. The number of aromatic nitrogens is 2. The molecule has 1 N–H and O–H groups in total. The van der Waals surface area contributed by atoms with Gasteiger partial charge in [0.05, 0.1) is 0 Å². The molecule has 0 bridgehead atoms. The van der Waals surface area contributed by atoms with Crippen LogP contribution in [0.25, 0.3) is 0 Å². The molecule has 0 spiro atoms. The number of rotatable bonds is 5. The summed E-state index contributed by atoms with van der Waals surface area (Å²) in [6, 6.07) is 0. The molecule has 22 heavy (non-hydrogen) atoms. The van der Waals surface area contributed by atoms with Crippen LogP contribution in [0.4, 0.5) is 5.13 Å². The molecule has 2 heterocycles. The minimum absolute atomic E-state index is 0.0144. The monoisotopic (exact) mass is 342 g/mol. The Morgan fingerprint density at radius 3 is 2.68 bits per heavy atom. The molecule has 122 valence electrons. The molecule has 0 unspecified atom stereocenters. The number of thioether (sulfide) groups is 1. The lowest BCUT2D eigenvalue weighted by molar-refractivity contribution is -0.132. The highest BCUT2D eigenvalue weighted by atomic mass is 32.2. The summed E-state index contributed by atoms with van der Waals surface area (Å²) in [7, 11) is 0. The number of amides is 2. The van der Waals surface area contributed by atoms with Gasteiger partial charge < -0.3 is 10.2 Å². The third kappa shape index (κ3) is 4.67. The van der Waals surface area contributed by atoms with E-state index < -0.39 is 0 Å². The van der Waals surface area contributed by atoms with Crippen LogP contribution in [0.15, 0.2) is 4.34 Å². The molecule has 6 nitrogen and oxygen atoms in total. The normalized spacial score (nSPS) is 17.3. The van der Waals surface area contributed by atoms with Crippen molar-refractivity contribution in [2.24, 2.45) is 5.92 Å². The molecule has 1 aromatic rings. The maximum atomic E-state index is 12.2. The number of nitrogens with zero attached hydrogens (tertiary/aromatic N) is 3. The van der Waals surface area contributed by atoms with Gasteiger partial charge in [-0.05, 0) is 19.3 Å². The lowest BCUT2D eigenvalue weighted by Crippen LogP contribution is -2.40. The van der Waals surface area contributed by atoms with Crippen molar-refractivity contribution in [2.45, 2.75) is 49.6 Å². The fraction of sp³-hybridized carbons (Fsp3) is 0.714. The van der Waals surface area contributed by atoms with E-state index >= 15 is 0 Å². The molecule has 8 heteroatoms. The summed E-state index contributed by atoms with van der Waals surface area (Å²) in [5.41, 5.74) is 0. The molecule has 1 aromatic heterocycles. The second-order valence-corrected chi connectivity index (χ2v) is 8.14.